The fourth-order valence-electron chi connectivity index (χ4n) is 1.99. The summed E-state index contributed by atoms with van der Waals surface area (Å²) in [5, 5.41) is 5.96. The van der Waals surface area contributed by atoms with Gasteiger partial charge in [-0.25, -0.2) is 4.99 Å². The van der Waals surface area contributed by atoms with E-state index in [0.29, 0.717) is 6.54 Å². The number of halogens is 1. The Labute approximate surface area is 150 Å². The lowest BCUT2D eigenvalue weighted by molar-refractivity contribution is -0.119. The van der Waals surface area contributed by atoms with Crippen molar-refractivity contribution in [2.24, 2.45) is 4.99 Å². The molecule has 0 aliphatic carbocycles. The summed E-state index contributed by atoms with van der Waals surface area (Å²) in [5.41, 5.74) is 2.51. The van der Waals surface area contributed by atoms with Gasteiger partial charge in [-0.05, 0) is 31.9 Å². The first kappa shape index (κ1) is 20.7. The number of carbonyl (C=O) groups is 1. The van der Waals surface area contributed by atoms with Crippen LogP contribution in [-0.2, 0) is 11.3 Å². The van der Waals surface area contributed by atoms with Crippen molar-refractivity contribution in [3.8, 4) is 0 Å². The highest BCUT2D eigenvalue weighted by Gasteiger charge is 2.08. The number of rotatable bonds is 6. The molecular formula is C16H27IN4O. The van der Waals surface area contributed by atoms with Gasteiger partial charge in [-0.2, -0.15) is 0 Å². The Morgan fingerprint density at radius 1 is 1.18 bits per heavy atom. The van der Waals surface area contributed by atoms with E-state index in [1.54, 1.807) is 0 Å². The molecule has 0 fully saturated rings. The average Bonchev–Trinajstić information content (AvgIpc) is 2.46. The third kappa shape index (κ3) is 7.11. The van der Waals surface area contributed by atoms with Crippen molar-refractivity contribution < 1.29 is 4.79 Å². The van der Waals surface area contributed by atoms with Crippen LogP contribution in [0.15, 0.2) is 29.3 Å². The lowest BCUT2D eigenvalue weighted by Crippen LogP contribution is -2.39. The maximum atomic E-state index is 11.5. The van der Waals surface area contributed by atoms with Gasteiger partial charge in [0.1, 0.15) is 6.54 Å². The summed E-state index contributed by atoms with van der Waals surface area (Å²) in [4.78, 5) is 17.9. The Hall–Kier alpha value is -1.31. The predicted octanol–water partition coefficient (Wildman–Crippen LogP) is 2.15. The van der Waals surface area contributed by atoms with Crippen LogP contribution in [0.5, 0.6) is 0 Å². The molecule has 0 atom stereocenters. The molecular weight excluding hydrogens is 391 g/mol. The summed E-state index contributed by atoms with van der Waals surface area (Å²) >= 11 is 0. The maximum Gasteiger partial charge on any atom is 0.241 e. The van der Waals surface area contributed by atoms with Gasteiger partial charge in [0, 0.05) is 26.7 Å². The molecule has 0 heterocycles. The van der Waals surface area contributed by atoms with Crippen molar-refractivity contribution in [3.63, 3.8) is 0 Å². The highest BCUT2D eigenvalue weighted by molar-refractivity contribution is 14.0. The first-order valence-corrected chi connectivity index (χ1v) is 7.39. The second-order valence-corrected chi connectivity index (χ2v) is 4.91. The summed E-state index contributed by atoms with van der Waals surface area (Å²) < 4.78 is 0. The van der Waals surface area contributed by atoms with Gasteiger partial charge in [-0.3, -0.25) is 4.79 Å². The minimum absolute atomic E-state index is 0. The summed E-state index contributed by atoms with van der Waals surface area (Å²) in [6, 6.07) is 8.28. The van der Waals surface area contributed by atoms with Crippen LogP contribution >= 0.6 is 24.0 Å². The van der Waals surface area contributed by atoms with E-state index in [0.717, 1.165) is 19.0 Å². The molecule has 6 heteroatoms. The van der Waals surface area contributed by atoms with E-state index < -0.39 is 0 Å². The first-order valence-electron chi connectivity index (χ1n) is 7.39. The van der Waals surface area contributed by atoms with Crippen molar-refractivity contribution in [3.05, 3.63) is 35.4 Å². The standard InChI is InChI=1S/C16H26N4O.HI/c1-5-17-15(21)11-19-16(18-6-2)20(4)12-14-10-8-7-9-13(14)3;/h7-10H,5-6,11-12H2,1-4H3,(H,17,21)(H,18,19);1H. The number of hydrogen-bond acceptors (Lipinski definition) is 2. The van der Waals surface area contributed by atoms with Gasteiger partial charge in [-0.15, -0.1) is 24.0 Å². The molecule has 0 spiro atoms. The molecule has 0 radical (unpaired) electrons. The number of benzene rings is 1. The molecule has 5 nitrogen and oxygen atoms in total. The highest BCUT2D eigenvalue weighted by Crippen LogP contribution is 2.09. The molecule has 1 amide bonds. The molecule has 0 saturated carbocycles. The number of amides is 1. The van der Waals surface area contributed by atoms with Gasteiger partial charge in [-0.1, -0.05) is 24.3 Å². The van der Waals surface area contributed by atoms with Crippen LogP contribution in [-0.4, -0.2) is 43.4 Å². The van der Waals surface area contributed by atoms with Gasteiger partial charge in [0.05, 0.1) is 0 Å². The van der Waals surface area contributed by atoms with Gasteiger partial charge in [0.2, 0.25) is 5.91 Å². The minimum atomic E-state index is -0.0582. The van der Waals surface area contributed by atoms with Gasteiger partial charge in [0.25, 0.3) is 0 Å². The van der Waals surface area contributed by atoms with Crippen LogP contribution in [0.1, 0.15) is 25.0 Å². The Bertz CT molecular complexity index is 491. The van der Waals surface area contributed by atoms with Gasteiger partial charge in [0.15, 0.2) is 5.96 Å². The van der Waals surface area contributed by atoms with Gasteiger partial charge < -0.3 is 15.5 Å². The molecule has 0 aliphatic heterocycles. The van der Waals surface area contributed by atoms with Crippen molar-refractivity contribution in [1.82, 2.24) is 15.5 Å². The molecule has 1 rings (SSSR count). The maximum absolute atomic E-state index is 11.5. The largest absolute Gasteiger partial charge is 0.357 e. The average molecular weight is 418 g/mol. The van der Waals surface area contributed by atoms with Crippen molar-refractivity contribution in [2.75, 3.05) is 26.7 Å². The monoisotopic (exact) mass is 418 g/mol. The molecule has 0 saturated heterocycles. The number of aryl methyl sites for hydroxylation is 1. The van der Waals surface area contributed by atoms with Crippen molar-refractivity contribution in [2.45, 2.75) is 27.3 Å². The second-order valence-electron chi connectivity index (χ2n) is 4.91. The van der Waals surface area contributed by atoms with E-state index in [1.165, 1.54) is 11.1 Å². The van der Waals surface area contributed by atoms with Crippen LogP contribution < -0.4 is 10.6 Å². The summed E-state index contributed by atoms with van der Waals surface area (Å²) in [6.45, 7) is 8.32. The van der Waals surface area contributed by atoms with Crippen LogP contribution in [0, 0.1) is 6.92 Å². The predicted molar refractivity (Wildman–Crippen MR) is 103 cm³/mol. The Morgan fingerprint density at radius 3 is 2.41 bits per heavy atom. The zero-order valence-corrected chi connectivity index (χ0v) is 16.2. The number of nitrogens with zero attached hydrogens (tertiary/aromatic N) is 2. The molecule has 124 valence electrons. The molecule has 1 aromatic carbocycles. The molecule has 0 aliphatic rings. The van der Waals surface area contributed by atoms with Crippen LogP contribution in [0.4, 0.5) is 0 Å². The second kappa shape index (κ2) is 11.3. The van der Waals surface area contributed by atoms with Crippen molar-refractivity contribution in [1.29, 1.82) is 0 Å². The molecule has 0 unspecified atom stereocenters. The van der Waals surface area contributed by atoms with E-state index >= 15 is 0 Å². The van der Waals surface area contributed by atoms with E-state index in [-0.39, 0.29) is 36.4 Å². The third-order valence-corrected chi connectivity index (χ3v) is 3.11. The number of guanidine groups is 1. The SMILES string of the molecule is CCNC(=O)CN=C(NCC)N(C)Cc1ccccc1C.I. The number of carbonyl (C=O) groups excluding carboxylic acids is 1. The Morgan fingerprint density at radius 2 is 1.82 bits per heavy atom. The Balaban J connectivity index is 0.00000441. The number of likely N-dealkylation sites (N-methyl/N-ethyl adjacent to an activating group) is 1. The lowest BCUT2D eigenvalue weighted by atomic mass is 10.1. The molecule has 0 aromatic heterocycles. The van der Waals surface area contributed by atoms with Gasteiger partial charge >= 0.3 is 0 Å². The molecule has 0 bridgehead atoms. The fraction of sp³-hybridized carbons (Fsp3) is 0.500. The topological polar surface area (TPSA) is 56.7 Å². The van der Waals surface area contributed by atoms with Crippen molar-refractivity contribution >= 4 is 35.8 Å². The number of hydrogen-bond donors (Lipinski definition) is 2. The van der Waals surface area contributed by atoms with E-state index in [1.807, 2.05) is 37.9 Å². The fourth-order valence-corrected chi connectivity index (χ4v) is 1.99. The first-order chi connectivity index (χ1) is 10.1. The number of aliphatic imine (C=N–C) groups is 1. The third-order valence-electron chi connectivity index (χ3n) is 3.11. The summed E-state index contributed by atoms with van der Waals surface area (Å²) in [7, 11) is 1.98. The lowest BCUT2D eigenvalue weighted by Gasteiger charge is -2.23. The van der Waals surface area contributed by atoms with E-state index in [9.17, 15) is 4.79 Å². The minimum Gasteiger partial charge on any atom is -0.357 e. The van der Waals surface area contributed by atoms with Crippen LogP contribution in [0.25, 0.3) is 0 Å². The van der Waals surface area contributed by atoms with Crippen LogP contribution in [0.3, 0.4) is 0 Å². The smallest absolute Gasteiger partial charge is 0.241 e. The van der Waals surface area contributed by atoms with E-state index in [4.69, 9.17) is 0 Å². The molecule has 1 aromatic rings. The zero-order chi connectivity index (χ0) is 15.7. The molecule has 2 N–H and O–H groups in total. The summed E-state index contributed by atoms with van der Waals surface area (Å²) in [5.74, 6) is 0.684. The highest BCUT2D eigenvalue weighted by atomic mass is 127. The van der Waals surface area contributed by atoms with Crippen LogP contribution in [0.2, 0.25) is 0 Å². The van der Waals surface area contributed by atoms with E-state index in [2.05, 4.69) is 34.7 Å². The Kier molecular flexibility index (Phi) is 10.6. The molecule has 22 heavy (non-hydrogen) atoms. The zero-order valence-electron chi connectivity index (χ0n) is 13.8. The quantitative estimate of drug-likeness (QED) is 0.423. The normalized spacial score (nSPS) is 10.6. The number of nitrogens with one attached hydrogen (secondary N) is 2. The summed E-state index contributed by atoms with van der Waals surface area (Å²) in [6.07, 6.45) is 0.